The smallest absolute Gasteiger partial charge is 0.378 e. The Morgan fingerprint density at radius 2 is 1.94 bits per heavy atom. The van der Waals surface area contributed by atoms with E-state index in [2.05, 4.69) is 10.2 Å². The fourth-order valence-corrected chi connectivity index (χ4v) is 4.25. The Kier molecular flexibility index (Phi) is 7.94. The van der Waals surface area contributed by atoms with E-state index in [1.54, 1.807) is 7.11 Å². The fourth-order valence-electron chi connectivity index (χ4n) is 4.25. The van der Waals surface area contributed by atoms with Crippen LogP contribution in [0.25, 0.3) is 0 Å². The molecular weight excluding hydrogens is 411 g/mol. The van der Waals surface area contributed by atoms with Crippen molar-refractivity contribution in [2.24, 2.45) is 0 Å². The van der Waals surface area contributed by atoms with E-state index in [1.807, 2.05) is 4.90 Å². The van der Waals surface area contributed by atoms with Crippen molar-refractivity contribution >= 4 is 11.8 Å². The normalized spacial score (nSPS) is 22.5. The minimum absolute atomic E-state index is 0.0208. The summed E-state index contributed by atoms with van der Waals surface area (Å²) >= 11 is 0. The number of methoxy groups -OCH3 is 1. The molecule has 2 aliphatic heterocycles. The van der Waals surface area contributed by atoms with Gasteiger partial charge in [-0.1, -0.05) is 6.07 Å². The molecule has 0 aliphatic carbocycles. The van der Waals surface area contributed by atoms with Crippen LogP contribution < -0.4 is 5.32 Å². The van der Waals surface area contributed by atoms with Crippen LogP contribution in [0.3, 0.4) is 0 Å². The number of hydrogen-bond donors (Lipinski definition) is 1. The molecule has 2 unspecified atom stereocenters. The zero-order valence-corrected chi connectivity index (χ0v) is 17.8. The summed E-state index contributed by atoms with van der Waals surface area (Å²) in [5.41, 5.74) is -0.866. The number of likely N-dealkylation sites (tertiary alicyclic amines) is 2. The van der Waals surface area contributed by atoms with E-state index >= 15 is 0 Å². The van der Waals surface area contributed by atoms with E-state index in [-0.39, 0.29) is 23.6 Å². The van der Waals surface area contributed by atoms with E-state index in [0.717, 1.165) is 57.6 Å². The number of alkyl halides is 3. The van der Waals surface area contributed by atoms with Crippen LogP contribution in [0.5, 0.6) is 0 Å². The second kappa shape index (κ2) is 10.5. The number of carbonyl (C=O) groups is 2. The molecule has 172 valence electrons. The second-order valence-electron chi connectivity index (χ2n) is 8.21. The van der Waals surface area contributed by atoms with Crippen LogP contribution in [-0.4, -0.2) is 73.6 Å². The molecule has 0 aromatic heterocycles. The molecule has 0 saturated carbocycles. The van der Waals surface area contributed by atoms with E-state index < -0.39 is 17.6 Å². The first kappa shape index (κ1) is 23.5. The lowest BCUT2D eigenvalue weighted by atomic mass is 10.00. The number of rotatable bonds is 7. The Hall–Kier alpha value is -2.13. The van der Waals surface area contributed by atoms with Crippen molar-refractivity contribution in [1.82, 2.24) is 15.1 Å². The Bertz CT molecular complexity index is 766. The van der Waals surface area contributed by atoms with Crippen LogP contribution in [0, 0.1) is 0 Å². The Morgan fingerprint density at radius 1 is 1.19 bits per heavy atom. The average Bonchev–Trinajstić information content (AvgIpc) is 3.29. The number of piperidine rings is 1. The molecule has 0 spiro atoms. The van der Waals surface area contributed by atoms with Crippen LogP contribution >= 0.6 is 0 Å². The third kappa shape index (κ3) is 6.43. The van der Waals surface area contributed by atoms with Gasteiger partial charge in [-0.15, -0.1) is 0 Å². The molecule has 2 saturated heterocycles. The first-order chi connectivity index (χ1) is 14.8. The fraction of sp³-hybridized carbons (Fsp3) is 0.636. The van der Waals surface area contributed by atoms with Gasteiger partial charge in [-0.2, -0.15) is 13.2 Å². The maximum Gasteiger partial charge on any atom is 0.416 e. The molecule has 2 heterocycles. The molecule has 0 radical (unpaired) electrons. The van der Waals surface area contributed by atoms with E-state index in [0.29, 0.717) is 19.4 Å². The molecule has 2 fully saturated rings. The molecule has 9 heteroatoms. The number of halogens is 3. The minimum atomic E-state index is -4.49. The maximum atomic E-state index is 12.9. The van der Waals surface area contributed by atoms with Gasteiger partial charge in [0.25, 0.3) is 5.91 Å². The lowest BCUT2D eigenvalue weighted by Crippen LogP contribution is -2.55. The second-order valence-corrected chi connectivity index (χ2v) is 8.21. The van der Waals surface area contributed by atoms with Crippen molar-refractivity contribution in [1.29, 1.82) is 0 Å². The summed E-state index contributed by atoms with van der Waals surface area (Å²) in [4.78, 5) is 28.8. The lowest BCUT2D eigenvalue weighted by molar-refractivity contribution is -0.137. The molecule has 2 aliphatic rings. The van der Waals surface area contributed by atoms with Crippen molar-refractivity contribution in [3.05, 3.63) is 35.4 Å². The summed E-state index contributed by atoms with van der Waals surface area (Å²) in [6.45, 7) is 3.82. The summed E-state index contributed by atoms with van der Waals surface area (Å²) in [5.74, 6) is -0.327. The Labute approximate surface area is 180 Å². The molecule has 6 nitrogen and oxygen atoms in total. The SMILES string of the molecule is COC1CN(CCCC(=O)N2CCCC2)CCC1NC(=O)c1cccc(C(F)(F)F)c1. The van der Waals surface area contributed by atoms with Gasteiger partial charge in [0.1, 0.15) is 0 Å². The van der Waals surface area contributed by atoms with Gasteiger partial charge in [-0.25, -0.2) is 0 Å². The standard InChI is InChI=1S/C22H30F3N3O3/c1-31-19-15-27(10-5-8-20(29)28-11-2-3-12-28)13-9-18(19)26-21(30)16-6-4-7-17(14-16)22(23,24)25/h4,6-7,14,18-19H,2-3,5,8-13,15H2,1H3,(H,26,30). The number of hydrogen-bond acceptors (Lipinski definition) is 4. The predicted octanol–water partition coefficient (Wildman–Crippen LogP) is 2.93. The molecule has 1 N–H and O–H groups in total. The maximum absolute atomic E-state index is 12.9. The summed E-state index contributed by atoms with van der Waals surface area (Å²) in [6.07, 6.45) is -0.660. The monoisotopic (exact) mass is 441 g/mol. The third-order valence-electron chi connectivity index (χ3n) is 6.04. The van der Waals surface area contributed by atoms with Crippen LogP contribution in [-0.2, 0) is 15.7 Å². The molecule has 1 aromatic rings. The highest BCUT2D eigenvalue weighted by Gasteiger charge is 2.33. The first-order valence-corrected chi connectivity index (χ1v) is 10.8. The zero-order valence-electron chi connectivity index (χ0n) is 17.8. The predicted molar refractivity (Wildman–Crippen MR) is 110 cm³/mol. The largest absolute Gasteiger partial charge is 0.416 e. The van der Waals surface area contributed by atoms with Gasteiger partial charge in [-0.3, -0.25) is 9.59 Å². The molecular formula is C22H30F3N3O3. The number of nitrogens with zero attached hydrogens (tertiary/aromatic N) is 2. The van der Waals surface area contributed by atoms with Gasteiger partial charge in [-0.05, 0) is 50.4 Å². The summed E-state index contributed by atoms with van der Waals surface area (Å²) in [5, 5.41) is 2.83. The van der Waals surface area contributed by atoms with E-state index in [9.17, 15) is 22.8 Å². The highest BCUT2D eigenvalue weighted by atomic mass is 19.4. The van der Waals surface area contributed by atoms with Gasteiger partial charge in [0.05, 0.1) is 17.7 Å². The topological polar surface area (TPSA) is 61.9 Å². The Morgan fingerprint density at radius 3 is 2.61 bits per heavy atom. The molecule has 0 bridgehead atoms. The van der Waals surface area contributed by atoms with Gasteiger partial charge in [0, 0.05) is 45.3 Å². The quantitative estimate of drug-likeness (QED) is 0.707. The summed E-state index contributed by atoms with van der Waals surface area (Å²) in [6, 6.07) is 4.14. The molecule has 2 amide bonds. The van der Waals surface area contributed by atoms with Crippen molar-refractivity contribution in [3.8, 4) is 0 Å². The number of benzene rings is 1. The molecule has 1 aromatic carbocycles. The van der Waals surface area contributed by atoms with Crippen molar-refractivity contribution in [2.45, 2.75) is 50.4 Å². The summed E-state index contributed by atoms with van der Waals surface area (Å²) in [7, 11) is 1.56. The van der Waals surface area contributed by atoms with Crippen LogP contribution in [0.15, 0.2) is 24.3 Å². The van der Waals surface area contributed by atoms with Crippen LogP contribution in [0.4, 0.5) is 13.2 Å². The minimum Gasteiger partial charge on any atom is -0.378 e. The summed E-state index contributed by atoms with van der Waals surface area (Å²) < 4.78 is 44.3. The highest BCUT2D eigenvalue weighted by Crippen LogP contribution is 2.29. The van der Waals surface area contributed by atoms with Crippen molar-refractivity contribution < 1.29 is 27.5 Å². The molecule has 31 heavy (non-hydrogen) atoms. The van der Waals surface area contributed by atoms with Gasteiger partial charge >= 0.3 is 6.18 Å². The number of ether oxygens (including phenoxy) is 1. The average molecular weight is 441 g/mol. The lowest BCUT2D eigenvalue weighted by Gasteiger charge is -2.38. The zero-order chi connectivity index (χ0) is 22.4. The number of carbonyl (C=O) groups excluding carboxylic acids is 2. The van der Waals surface area contributed by atoms with Gasteiger partial charge < -0.3 is 19.9 Å². The molecule has 3 rings (SSSR count). The van der Waals surface area contributed by atoms with Gasteiger partial charge in [0.2, 0.25) is 5.91 Å². The third-order valence-corrected chi connectivity index (χ3v) is 6.04. The van der Waals surface area contributed by atoms with E-state index in [4.69, 9.17) is 4.74 Å². The van der Waals surface area contributed by atoms with Gasteiger partial charge in [0.15, 0.2) is 0 Å². The van der Waals surface area contributed by atoms with Crippen molar-refractivity contribution in [2.75, 3.05) is 39.8 Å². The number of amides is 2. The first-order valence-electron chi connectivity index (χ1n) is 10.8. The van der Waals surface area contributed by atoms with Crippen LogP contribution in [0.2, 0.25) is 0 Å². The van der Waals surface area contributed by atoms with Crippen molar-refractivity contribution in [3.63, 3.8) is 0 Å². The highest BCUT2D eigenvalue weighted by molar-refractivity contribution is 5.94. The van der Waals surface area contributed by atoms with E-state index in [1.165, 1.54) is 12.1 Å². The van der Waals surface area contributed by atoms with Crippen LogP contribution in [0.1, 0.15) is 48.0 Å². The Balaban J connectivity index is 1.48. The molecule has 2 atom stereocenters. The number of nitrogens with one attached hydrogen (secondary N) is 1.